The Morgan fingerprint density at radius 3 is 2.93 bits per heavy atom. The van der Waals surface area contributed by atoms with E-state index in [1.165, 1.54) is 5.56 Å². The van der Waals surface area contributed by atoms with Crippen LogP contribution in [0.5, 0.6) is 0 Å². The van der Waals surface area contributed by atoms with Crippen LogP contribution in [-0.4, -0.2) is 28.0 Å². The van der Waals surface area contributed by atoms with Gasteiger partial charge in [0.2, 0.25) is 0 Å². The van der Waals surface area contributed by atoms with Gasteiger partial charge in [0.05, 0.1) is 6.20 Å². The topological polar surface area (TPSA) is 50.1 Å². The molecular formula is C11H21N3O. The molecule has 1 rings (SSSR count). The van der Waals surface area contributed by atoms with E-state index in [9.17, 15) is 0 Å². The summed E-state index contributed by atoms with van der Waals surface area (Å²) in [5.41, 5.74) is 1.22. The van der Waals surface area contributed by atoms with Crippen LogP contribution in [0, 0.1) is 0 Å². The molecule has 1 atom stereocenters. The maximum Gasteiger partial charge on any atom is 0.0537 e. The highest BCUT2D eigenvalue weighted by Crippen LogP contribution is 2.10. The lowest BCUT2D eigenvalue weighted by Gasteiger charge is -2.11. The molecule has 1 aromatic rings. The van der Waals surface area contributed by atoms with Gasteiger partial charge in [0.15, 0.2) is 0 Å². The second kappa shape index (κ2) is 6.58. The summed E-state index contributed by atoms with van der Waals surface area (Å²) < 4.78 is 1.93. The van der Waals surface area contributed by atoms with Crippen molar-refractivity contribution in [3.05, 3.63) is 18.0 Å². The first-order valence-corrected chi connectivity index (χ1v) is 5.64. The summed E-state index contributed by atoms with van der Waals surface area (Å²) >= 11 is 0. The molecule has 4 heteroatoms. The van der Waals surface area contributed by atoms with Gasteiger partial charge in [-0.1, -0.05) is 0 Å². The molecule has 2 N–H and O–H groups in total. The summed E-state index contributed by atoms with van der Waals surface area (Å²) in [6.45, 7) is 6.35. The van der Waals surface area contributed by atoms with Crippen LogP contribution in [0.2, 0.25) is 0 Å². The number of aliphatic hydroxyl groups excluding tert-OH is 1. The summed E-state index contributed by atoms with van der Waals surface area (Å²) in [5.74, 6) is 0. The standard InChI is InChI=1S/C11H21N3O/c1-3-14-9-11(8-13-14)10(2)12-6-4-5-7-15/h8-10,12,15H,3-7H2,1-2H3. The van der Waals surface area contributed by atoms with Crippen molar-refractivity contribution in [2.24, 2.45) is 0 Å². The molecule has 1 aromatic heterocycles. The van der Waals surface area contributed by atoms with E-state index in [1.54, 1.807) is 0 Å². The van der Waals surface area contributed by atoms with Crippen molar-refractivity contribution in [2.75, 3.05) is 13.2 Å². The number of unbranched alkanes of at least 4 members (excludes halogenated alkanes) is 1. The van der Waals surface area contributed by atoms with Crippen LogP contribution in [0.1, 0.15) is 38.3 Å². The smallest absolute Gasteiger partial charge is 0.0537 e. The molecule has 0 aliphatic rings. The van der Waals surface area contributed by atoms with Gasteiger partial charge < -0.3 is 10.4 Å². The van der Waals surface area contributed by atoms with E-state index in [-0.39, 0.29) is 6.61 Å². The highest BCUT2D eigenvalue weighted by Gasteiger charge is 2.06. The summed E-state index contributed by atoms with van der Waals surface area (Å²) in [6.07, 6.45) is 5.87. The molecule has 15 heavy (non-hydrogen) atoms. The number of aryl methyl sites for hydroxylation is 1. The Hall–Kier alpha value is -0.870. The van der Waals surface area contributed by atoms with Gasteiger partial charge in [0, 0.05) is 31.0 Å². The van der Waals surface area contributed by atoms with Gasteiger partial charge >= 0.3 is 0 Å². The van der Waals surface area contributed by atoms with Crippen LogP contribution >= 0.6 is 0 Å². The number of hydrogen-bond donors (Lipinski definition) is 2. The molecule has 0 bridgehead atoms. The molecule has 4 nitrogen and oxygen atoms in total. The summed E-state index contributed by atoms with van der Waals surface area (Å²) in [4.78, 5) is 0. The van der Waals surface area contributed by atoms with E-state index in [4.69, 9.17) is 5.11 Å². The van der Waals surface area contributed by atoms with Crippen molar-refractivity contribution in [1.29, 1.82) is 0 Å². The molecule has 0 aliphatic carbocycles. The van der Waals surface area contributed by atoms with Crippen molar-refractivity contribution in [3.8, 4) is 0 Å². The highest BCUT2D eigenvalue weighted by molar-refractivity contribution is 5.08. The maximum absolute atomic E-state index is 8.64. The average molecular weight is 211 g/mol. The van der Waals surface area contributed by atoms with Gasteiger partial charge in [-0.3, -0.25) is 4.68 Å². The van der Waals surface area contributed by atoms with E-state index in [0.717, 1.165) is 25.9 Å². The van der Waals surface area contributed by atoms with Crippen molar-refractivity contribution < 1.29 is 5.11 Å². The van der Waals surface area contributed by atoms with Crippen molar-refractivity contribution in [2.45, 2.75) is 39.3 Å². The molecule has 0 saturated carbocycles. The van der Waals surface area contributed by atoms with Crippen molar-refractivity contribution >= 4 is 0 Å². The number of hydrogen-bond acceptors (Lipinski definition) is 3. The number of nitrogens with one attached hydrogen (secondary N) is 1. The summed E-state index contributed by atoms with van der Waals surface area (Å²) in [5, 5.41) is 16.3. The Labute approximate surface area is 91.3 Å². The van der Waals surface area contributed by atoms with E-state index in [0.29, 0.717) is 6.04 Å². The minimum atomic E-state index is 0.282. The van der Waals surface area contributed by atoms with Crippen LogP contribution in [0.15, 0.2) is 12.4 Å². The minimum absolute atomic E-state index is 0.282. The first kappa shape index (κ1) is 12.2. The predicted octanol–water partition coefficient (Wildman–Crippen LogP) is 1.33. The molecule has 86 valence electrons. The fourth-order valence-electron chi connectivity index (χ4n) is 1.45. The summed E-state index contributed by atoms with van der Waals surface area (Å²) in [7, 11) is 0. The van der Waals surface area contributed by atoms with Gasteiger partial charge in [-0.15, -0.1) is 0 Å². The lowest BCUT2D eigenvalue weighted by molar-refractivity contribution is 0.283. The molecule has 0 amide bonds. The monoisotopic (exact) mass is 211 g/mol. The number of aliphatic hydroxyl groups is 1. The Morgan fingerprint density at radius 2 is 2.33 bits per heavy atom. The second-order valence-electron chi connectivity index (χ2n) is 3.74. The summed E-state index contributed by atoms with van der Waals surface area (Å²) in [6, 6.07) is 0.337. The lowest BCUT2D eigenvalue weighted by atomic mass is 10.2. The third-order valence-corrected chi connectivity index (χ3v) is 2.51. The average Bonchev–Trinajstić information content (AvgIpc) is 2.72. The Kier molecular flexibility index (Phi) is 5.36. The Morgan fingerprint density at radius 1 is 1.53 bits per heavy atom. The van der Waals surface area contributed by atoms with E-state index >= 15 is 0 Å². The molecule has 0 saturated heterocycles. The van der Waals surface area contributed by atoms with Crippen LogP contribution in [-0.2, 0) is 6.54 Å². The third kappa shape index (κ3) is 4.01. The highest BCUT2D eigenvalue weighted by atomic mass is 16.2. The fourth-order valence-corrected chi connectivity index (χ4v) is 1.45. The molecule has 1 unspecified atom stereocenters. The second-order valence-corrected chi connectivity index (χ2v) is 3.74. The lowest BCUT2D eigenvalue weighted by Crippen LogP contribution is -2.19. The van der Waals surface area contributed by atoms with Crippen LogP contribution < -0.4 is 5.32 Å². The first-order chi connectivity index (χ1) is 7.27. The molecule has 0 aromatic carbocycles. The van der Waals surface area contributed by atoms with Gasteiger partial charge in [-0.2, -0.15) is 5.10 Å². The largest absolute Gasteiger partial charge is 0.396 e. The first-order valence-electron chi connectivity index (χ1n) is 5.64. The third-order valence-electron chi connectivity index (χ3n) is 2.51. The van der Waals surface area contributed by atoms with Gasteiger partial charge in [0.1, 0.15) is 0 Å². The van der Waals surface area contributed by atoms with E-state index < -0.39 is 0 Å². The quantitative estimate of drug-likeness (QED) is 0.669. The number of aromatic nitrogens is 2. The zero-order chi connectivity index (χ0) is 11.1. The van der Waals surface area contributed by atoms with Gasteiger partial charge in [-0.05, 0) is 33.2 Å². The fraction of sp³-hybridized carbons (Fsp3) is 0.727. The van der Waals surface area contributed by atoms with Crippen LogP contribution in [0.4, 0.5) is 0 Å². The van der Waals surface area contributed by atoms with Gasteiger partial charge in [-0.25, -0.2) is 0 Å². The van der Waals surface area contributed by atoms with Crippen molar-refractivity contribution in [1.82, 2.24) is 15.1 Å². The minimum Gasteiger partial charge on any atom is -0.396 e. The molecule has 0 aliphatic heterocycles. The van der Waals surface area contributed by atoms with Crippen LogP contribution in [0.25, 0.3) is 0 Å². The zero-order valence-electron chi connectivity index (χ0n) is 9.61. The maximum atomic E-state index is 8.64. The Balaban J connectivity index is 2.29. The van der Waals surface area contributed by atoms with Crippen molar-refractivity contribution in [3.63, 3.8) is 0 Å². The zero-order valence-corrected chi connectivity index (χ0v) is 9.61. The molecule has 1 heterocycles. The van der Waals surface area contributed by atoms with Gasteiger partial charge in [0.25, 0.3) is 0 Å². The number of nitrogens with zero attached hydrogens (tertiary/aromatic N) is 2. The number of rotatable bonds is 7. The molecule has 0 spiro atoms. The normalized spacial score (nSPS) is 13.0. The Bertz CT molecular complexity index is 273. The van der Waals surface area contributed by atoms with Crippen LogP contribution in [0.3, 0.4) is 0 Å². The molecular weight excluding hydrogens is 190 g/mol. The van der Waals surface area contributed by atoms with E-state index in [2.05, 4.69) is 30.5 Å². The SMILES string of the molecule is CCn1cc(C(C)NCCCCO)cn1. The van der Waals surface area contributed by atoms with E-state index in [1.807, 2.05) is 10.9 Å². The predicted molar refractivity (Wildman–Crippen MR) is 60.6 cm³/mol. The molecule has 0 radical (unpaired) electrons. The molecule has 0 fully saturated rings.